The monoisotopic (exact) mass is 355 g/mol. The van der Waals surface area contributed by atoms with Gasteiger partial charge in [-0.05, 0) is 37.5 Å². The fourth-order valence-electron chi connectivity index (χ4n) is 3.62. The fourth-order valence-corrected chi connectivity index (χ4v) is 3.62. The van der Waals surface area contributed by atoms with E-state index in [4.69, 9.17) is 4.99 Å². The van der Waals surface area contributed by atoms with E-state index in [1.54, 1.807) is 19.1 Å². The molecule has 1 aromatic heterocycles. The predicted molar refractivity (Wildman–Crippen MR) is 98.8 cm³/mol. The molecular formula is C19H22FN5O. The van der Waals surface area contributed by atoms with Gasteiger partial charge in [0.15, 0.2) is 6.17 Å². The van der Waals surface area contributed by atoms with Crippen LogP contribution in [0, 0.1) is 12.7 Å². The zero-order valence-corrected chi connectivity index (χ0v) is 14.7. The van der Waals surface area contributed by atoms with E-state index >= 15 is 0 Å². The molecule has 1 atom stereocenters. The maximum absolute atomic E-state index is 13.3. The van der Waals surface area contributed by atoms with E-state index in [9.17, 15) is 9.18 Å². The van der Waals surface area contributed by atoms with Crippen molar-refractivity contribution in [3.63, 3.8) is 0 Å². The average Bonchev–Trinajstić information content (AvgIpc) is 2.62. The third kappa shape index (κ3) is 3.34. The topological polar surface area (TPSA) is 71.3 Å². The van der Waals surface area contributed by atoms with Gasteiger partial charge >= 0.3 is 0 Å². The third-order valence-corrected chi connectivity index (χ3v) is 4.92. The molecule has 4 rings (SSSR count). The van der Waals surface area contributed by atoms with Gasteiger partial charge in [0, 0.05) is 17.8 Å². The van der Waals surface area contributed by atoms with Crippen molar-refractivity contribution in [2.45, 2.75) is 51.2 Å². The van der Waals surface area contributed by atoms with Crippen LogP contribution < -0.4 is 16.2 Å². The lowest BCUT2D eigenvalue weighted by atomic mass is 9.96. The van der Waals surface area contributed by atoms with Crippen LogP contribution in [0.1, 0.15) is 49.5 Å². The molecule has 0 amide bonds. The molecule has 2 aliphatic rings. The molecule has 2 heterocycles. The number of hydrogen-bond acceptors (Lipinski definition) is 5. The minimum absolute atomic E-state index is 0.185. The van der Waals surface area contributed by atoms with E-state index in [0.717, 1.165) is 18.4 Å². The van der Waals surface area contributed by atoms with Crippen molar-refractivity contribution in [1.29, 1.82) is 0 Å². The number of nitrogens with one attached hydrogen (secondary N) is 2. The van der Waals surface area contributed by atoms with Gasteiger partial charge in [-0.2, -0.15) is 0 Å². The van der Waals surface area contributed by atoms with Crippen molar-refractivity contribution < 1.29 is 4.39 Å². The van der Waals surface area contributed by atoms with Crippen molar-refractivity contribution in [2.24, 2.45) is 4.99 Å². The number of rotatable bonds is 2. The van der Waals surface area contributed by atoms with Crippen LogP contribution in [0.15, 0.2) is 40.1 Å². The fraction of sp³-hybridized carbons (Fsp3) is 0.421. The van der Waals surface area contributed by atoms with Gasteiger partial charge in [0.05, 0.1) is 0 Å². The van der Waals surface area contributed by atoms with Crippen LogP contribution in [0.5, 0.6) is 0 Å². The highest BCUT2D eigenvalue weighted by Crippen LogP contribution is 2.26. The van der Waals surface area contributed by atoms with Gasteiger partial charge in [0.25, 0.3) is 5.56 Å². The standard InChI is InChI=1S/C19H22FN5O/c1-12-11-16(26)25-17(13-7-9-14(20)10-8-13)23-18(24-19(25)21-12)22-15-5-3-2-4-6-15/h7-11,15,17H,2-6H2,1H3,(H2,21,22,23,24)/t17-/m1/s1. The second-order valence-electron chi connectivity index (χ2n) is 6.94. The van der Waals surface area contributed by atoms with E-state index in [0.29, 0.717) is 23.6 Å². The lowest BCUT2D eigenvalue weighted by Gasteiger charge is -2.30. The van der Waals surface area contributed by atoms with Crippen LogP contribution in [-0.2, 0) is 0 Å². The number of hydrogen-bond donors (Lipinski definition) is 2. The number of anilines is 1. The molecule has 1 aliphatic carbocycles. The SMILES string of the molecule is Cc1cc(=O)n2c(n1)NC(NC1CCCCC1)=N[C@H]2c1ccc(F)cc1. The second kappa shape index (κ2) is 6.90. The molecule has 7 heteroatoms. The lowest BCUT2D eigenvalue weighted by molar-refractivity contribution is 0.410. The van der Waals surface area contributed by atoms with Gasteiger partial charge in [-0.25, -0.2) is 14.4 Å². The lowest BCUT2D eigenvalue weighted by Crippen LogP contribution is -2.45. The Morgan fingerprint density at radius 2 is 1.92 bits per heavy atom. The average molecular weight is 355 g/mol. The first kappa shape index (κ1) is 16.8. The van der Waals surface area contributed by atoms with Crippen molar-refractivity contribution in [1.82, 2.24) is 14.9 Å². The third-order valence-electron chi connectivity index (χ3n) is 4.92. The molecule has 26 heavy (non-hydrogen) atoms. The first-order valence-corrected chi connectivity index (χ1v) is 9.07. The Labute approximate surface area is 151 Å². The van der Waals surface area contributed by atoms with Gasteiger partial charge in [-0.15, -0.1) is 0 Å². The zero-order valence-electron chi connectivity index (χ0n) is 14.7. The molecule has 2 N–H and O–H groups in total. The predicted octanol–water partition coefficient (Wildman–Crippen LogP) is 2.94. The summed E-state index contributed by atoms with van der Waals surface area (Å²) < 4.78 is 14.8. The highest BCUT2D eigenvalue weighted by molar-refractivity contribution is 5.93. The summed E-state index contributed by atoms with van der Waals surface area (Å²) in [5.74, 6) is 0.753. The Morgan fingerprint density at radius 1 is 1.19 bits per heavy atom. The number of halogens is 1. The number of nitrogens with zero attached hydrogens (tertiary/aromatic N) is 3. The maximum Gasteiger partial charge on any atom is 0.257 e. The largest absolute Gasteiger partial charge is 0.353 e. The van der Waals surface area contributed by atoms with Crippen LogP contribution in [-0.4, -0.2) is 21.6 Å². The van der Waals surface area contributed by atoms with Gasteiger partial charge in [0.1, 0.15) is 5.82 Å². The summed E-state index contributed by atoms with van der Waals surface area (Å²) in [5, 5.41) is 6.61. The number of benzene rings is 1. The van der Waals surface area contributed by atoms with E-state index in [-0.39, 0.29) is 11.4 Å². The summed E-state index contributed by atoms with van der Waals surface area (Å²) in [6.45, 7) is 1.79. The van der Waals surface area contributed by atoms with E-state index in [2.05, 4.69) is 15.6 Å². The first-order valence-electron chi connectivity index (χ1n) is 9.07. The van der Waals surface area contributed by atoms with E-state index in [1.165, 1.54) is 42.0 Å². The van der Waals surface area contributed by atoms with Crippen LogP contribution in [0.25, 0.3) is 0 Å². The highest BCUT2D eigenvalue weighted by atomic mass is 19.1. The summed E-state index contributed by atoms with van der Waals surface area (Å²) in [7, 11) is 0. The minimum Gasteiger partial charge on any atom is -0.353 e. The molecule has 0 bridgehead atoms. The normalized spacial score (nSPS) is 20.1. The molecular weight excluding hydrogens is 333 g/mol. The number of aliphatic imine (C=N–C) groups is 1. The number of aryl methyl sites for hydroxylation is 1. The van der Waals surface area contributed by atoms with Gasteiger partial charge in [0.2, 0.25) is 11.9 Å². The quantitative estimate of drug-likeness (QED) is 0.869. The molecule has 136 valence electrons. The molecule has 6 nitrogen and oxygen atoms in total. The maximum atomic E-state index is 13.3. The molecule has 1 fully saturated rings. The molecule has 0 unspecified atom stereocenters. The zero-order chi connectivity index (χ0) is 18.1. The van der Waals surface area contributed by atoms with Crippen LogP contribution >= 0.6 is 0 Å². The van der Waals surface area contributed by atoms with Crippen molar-refractivity contribution in [3.8, 4) is 0 Å². The Bertz CT molecular complexity index is 884. The smallest absolute Gasteiger partial charge is 0.257 e. The number of guanidine groups is 1. The molecule has 0 radical (unpaired) electrons. The minimum atomic E-state index is -0.571. The first-order chi connectivity index (χ1) is 12.6. The van der Waals surface area contributed by atoms with Crippen LogP contribution in [0.4, 0.5) is 10.3 Å². The summed E-state index contributed by atoms with van der Waals surface area (Å²) in [6.07, 6.45) is 5.33. The van der Waals surface area contributed by atoms with Gasteiger partial charge in [-0.1, -0.05) is 31.4 Å². The molecule has 0 spiro atoms. The van der Waals surface area contributed by atoms with Crippen molar-refractivity contribution in [2.75, 3.05) is 5.32 Å². The van der Waals surface area contributed by atoms with Crippen molar-refractivity contribution in [3.05, 3.63) is 57.8 Å². The summed E-state index contributed by atoms with van der Waals surface area (Å²) in [6, 6.07) is 7.93. The van der Waals surface area contributed by atoms with Crippen molar-refractivity contribution >= 4 is 11.9 Å². The Balaban J connectivity index is 1.73. The Hall–Kier alpha value is -2.70. The molecule has 2 aromatic rings. The number of aromatic nitrogens is 2. The second-order valence-corrected chi connectivity index (χ2v) is 6.94. The van der Waals surface area contributed by atoms with Crippen LogP contribution in [0.2, 0.25) is 0 Å². The van der Waals surface area contributed by atoms with Crippen LogP contribution in [0.3, 0.4) is 0 Å². The highest BCUT2D eigenvalue weighted by Gasteiger charge is 2.26. The van der Waals surface area contributed by atoms with E-state index in [1.807, 2.05) is 0 Å². The van der Waals surface area contributed by atoms with Gasteiger partial charge < -0.3 is 5.32 Å². The molecule has 1 aromatic carbocycles. The molecule has 0 saturated heterocycles. The van der Waals surface area contributed by atoms with Gasteiger partial charge in [-0.3, -0.25) is 14.7 Å². The molecule has 1 aliphatic heterocycles. The molecule has 1 saturated carbocycles. The summed E-state index contributed by atoms with van der Waals surface area (Å²) in [4.78, 5) is 21.7. The Morgan fingerprint density at radius 3 is 2.65 bits per heavy atom. The number of fused-ring (bicyclic) bond motifs is 1. The summed E-state index contributed by atoms with van der Waals surface area (Å²) >= 11 is 0. The van der Waals surface area contributed by atoms with E-state index < -0.39 is 6.17 Å². The Kier molecular flexibility index (Phi) is 4.44. The summed E-state index contributed by atoms with van der Waals surface area (Å²) in [5.41, 5.74) is 1.20.